The quantitative estimate of drug-likeness (QED) is 0.782. The SMILES string of the molecule is COc1ccccc1CCCNC(=O)Cc1ccc(Cl)cc1F. The molecule has 0 fully saturated rings. The number of nitrogens with one attached hydrogen (secondary N) is 1. The normalized spacial score (nSPS) is 10.4. The number of amides is 1. The van der Waals surface area contributed by atoms with Gasteiger partial charge in [0.2, 0.25) is 5.91 Å². The second kappa shape index (κ2) is 8.53. The van der Waals surface area contributed by atoms with E-state index in [1.165, 1.54) is 12.1 Å². The summed E-state index contributed by atoms with van der Waals surface area (Å²) in [7, 11) is 1.64. The van der Waals surface area contributed by atoms with Crippen LogP contribution in [0.1, 0.15) is 17.5 Å². The molecule has 0 aliphatic heterocycles. The summed E-state index contributed by atoms with van der Waals surface area (Å²) in [5.74, 6) is 0.190. The highest BCUT2D eigenvalue weighted by atomic mass is 35.5. The van der Waals surface area contributed by atoms with Gasteiger partial charge in [0.15, 0.2) is 0 Å². The maximum absolute atomic E-state index is 13.6. The number of benzene rings is 2. The van der Waals surface area contributed by atoms with E-state index in [-0.39, 0.29) is 12.3 Å². The molecule has 3 nitrogen and oxygen atoms in total. The molecule has 2 aromatic rings. The van der Waals surface area contributed by atoms with E-state index in [1.54, 1.807) is 13.2 Å². The van der Waals surface area contributed by atoms with Crippen LogP contribution in [0.4, 0.5) is 4.39 Å². The number of hydrogen-bond donors (Lipinski definition) is 1. The van der Waals surface area contributed by atoms with Crippen LogP contribution in [-0.4, -0.2) is 19.6 Å². The van der Waals surface area contributed by atoms with Crippen molar-refractivity contribution >= 4 is 17.5 Å². The molecule has 122 valence electrons. The van der Waals surface area contributed by atoms with Crippen molar-refractivity contribution in [1.29, 1.82) is 0 Å². The predicted molar refractivity (Wildman–Crippen MR) is 89.4 cm³/mol. The monoisotopic (exact) mass is 335 g/mol. The molecule has 0 unspecified atom stereocenters. The van der Waals surface area contributed by atoms with Gasteiger partial charge in [0.25, 0.3) is 0 Å². The molecule has 0 saturated carbocycles. The fourth-order valence-electron chi connectivity index (χ4n) is 2.32. The smallest absolute Gasteiger partial charge is 0.224 e. The maximum atomic E-state index is 13.6. The molecule has 1 amide bonds. The minimum absolute atomic E-state index is 0.0116. The fraction of sp³-hybridized carbons (Fsp3) is 0.278. The van der Waals surface area contributed by atoms with Gasteiger partial charge in [-0.25, -0.2) is 4.39 Å². The Bertz CT molecular complexity index is 676. The van der Waals surface area contributed by atoms with Crippen molar-refractivity contribution in [2.24, 2.45) is 0 Å². The van der Waals surface area contributed by atoms with Crippen molar-refractivity contribution in [1.82, 2.24) is 5.32 Å². The number of aryl methyl sites for hydroxylation is 1. The Morgan fingerprint density at radius 2 is 2.00 bits per heavy atom. The summed E-state index contributed by atoms with van der Waals surface area (Å²) in [5, 5.41) is 3.12. The van der Waals surface area contributed by atoms with Crippen LogP contribution in [-0.2, 0) is 17.6 Å². The summed E-state index contributed by atoms with van der Waals surface area (Å²) >= 11 is 5.69. The van der Waals surface area contributed by atoms with Crippen LogP contribution in [0, 0.1) is 5.82 Å². The number of halogens is 2. The molecule has 2 rings (SSSR count). The topological polar surface area (TPSA) is 38.3 Å². The van der Waals surface area contributed by atoms with Crippen LogP contribution in [0.3, 0.4) is 0 Å². The molecular weight excluding hydrogens is 317 g/mol. The van der Waals surface area contributed by atoms with Gasteiger partial charge in [0.1, 0.15) is 11.6 Å². The average Bonchev–Trinajstić information content (AvgIpc) is 2.54. The summed E-state index contributed by atoms with van der Waals surface area (Å²) in [4.78, 5) is 11.8. The zero-order valence-corrected chi connectivity index (χ0v) is 13.7. The molecule has 0 spiro atoms. The van der Waals surface area contributed by atoms with Crippen molar-refractivity contribution in [3.63, 3.8) is 0 Å². The lowest BCUT2D eigenvalue weighted by Gasteiger charge is -2.09. The molecule has 0 aromatic heterocycles. The summed E-state index contributed by atoms with van der Waals surface area (Å²) in [6.07, 6.45) is 1.60. The van der Waals surface area contributed by atoms with Gasteiger partial charge in [-0.3, -0.25) is 4.79 Å². The Balaban J connectivity index is 1.76. The Kier molecular flexibility index (Phi) is 6.41. The lowest BCUT2D eigenvalue weighted by molar-refractivity contribution is -0.120. The van der Waals surface area contributed by atoms with Crippen LogP contribution in [0.15, 0.2) is 42.5 Å². The Labute approximate surface area is 140 Å². The molecular formula is C18H19ClFNO2. The number of carbonyl (C=O) groups excluding carboxylic acids is 1. The molecule has 0 bridgehead atoms. The highest BCUT2D eigenvalue weighted by Crippen LogP contribution is 2.18. The average molecular weight is 336 g/mol. The van der Waals surface area contributed by atoms with Gasteiger partial charge in [-0.15, -0.1) is 0 Å². The third kappa shape index (κ3) is 5.25. The largest absolute Gasteiger partial charge is 0.496 e. The number of carbonyl (C=O) groups is 1. The first kappa shape index (κ1) is 17.3. The molecule has 0 atom stereocenters. The molecule has 0 aliphatic rings. The van der Waals surface area contributed by atoms with Crippen molar-refractivity contribution in [2.75, 3.05) is 13.7 Å². The first-order valence-corrected chi connectivity index (χ1v) is 7.80. The summed E-state index contributed by atoms with van der Waals surface area (Å²) in [5.41, 5.74) is 1.45. The van der Waals surface area contributed by atoms with E-state index in [2.05, 4.69) is 5.32 Å². The molecule has 1 N–H and O–H groups in total. The summed E-state index contributed by atoms with van der Waals surface area (Å²) in [6.45, 7) is 0.534. The van der Waals surface area contributed by atoms with Gasteiger partial charge in [0.05, 0.1) is 13.5 Å². The zero-order valence-electron chi connectivity index (χ0n) is 12.9. The lowest BCUT2D eigenvalue weighted by atomic mass is 10.1. The number of rotatable bonds is 7. The fourth-order valence-corrected chi connectivity index (χ4v) is 2.48. The maximum Gasteiger partial charge on any atom is 0.224 e. The first-order chi connectivity index (χ1) is 11.1. The first-order valence-electron chi connectivity index (χ1n) is 7.42. The van der Waals surface area contributed by atoms with E-state index < -0.39 is 5.82 Å². The van der Waals surface area contributed by atoms with E-state index >= 15 is 0 Å². The van der Waals surface area contributed by atoms with Gasteiger partial charge < -0.3 is 10.1 Å². The molecule has 0 saturated heterocycles. The van der Waals surface area contributed by atoms with Crippen LogP contribution in [0.5, 0.6) is 5.75 Å². The summed E-state index contributed by atoms with van der Waals surface area (Å²) < 4.78 is 18.9. The van der Waals surface area contributed by atoms with E-state index in [0.717, 1.165) is 24.2 Å². The van der Waals surface area contributed by atoms with Gasteiger partial charge >= 0.3 is 0 Å². The van der Waals surface area contributed by atoms with Crippen LogP contribution in [0.25, 0.3) is 0 Å². The van der Waals surface area contributed by atoms with Gasteiger partial charge in [0, 0.05) is 11.6 Å². The van der Waals surface area contributed by atoms with Crippen molar-refractivity contribution in [3.8, 4) is 5.75 Å². The minimum Gasteiger partial charge on any atom is -0.496 e. The van der Waals surface area contributed by atoms with E-state index in [0.29, 0.717) is 17.1 Å². The van der Waals surface area contributed by atoms with Crippen molar-refractivity contribution < 1.29 is 13.9 Å². The number of ether oxygens (including phenoxy) is 1. The standard InChI is InChI=1S/C18H19ClFNO2/c1-23-17-7-3-2-5-13(17)6-4-10-21-18(22)11-14-8-9-15(19)12-16(14)20/h2-3,5,7-9,12H,4,6,10-11H2,1H3,(H,21,22). The molecule has 0 aliphatic carbocycles. The molecule has 0 heterocycles. The van der Waals surface area contributed by atoms with Crippen LogP contribution in [0.2, 0.25) is 5.02 Å². The molecule has 5 heteroatoms. The highest BCUT2D eigenvalue weighted by molar-refractivity contribution is 6.30. The van der Waals surface area contributed by atoms with E-state index in [1.807, 2.05) is 24.3 Å². The van der Waals surface area contributed by atoms with Crippen molar-refractivity contribution in [2.45, 2.75) is 19.3 Å². The van der Waals surface area contributed by atoms with Crippen LogP contribution < -0.4 is 10.1 Å². The van der Waals surface area contributed by atoms with Gasteiger partial charge in [-0.2, -0.15) is 0 Å². The van der Waals surface area contributed by atoms with Gasteiger partial charge in [-0.1, -0.05) is 35.9 Å². The van der Waals surface area contributed by atoms with E-state index in [4.69, 9.17) is 16.3 Å². The van der Waals surface area contributed by atoms with Crippen molar-refractivity contribution in [3.05, 3.63) is 64.4 Å². The van der Waals surface area contributed by atoms with Crippen LogP contribution >= 0.6 is 11.6 Å². The number of para-hydroxylation sites is 1. The van der Waals surface area contributed by atoms with Gasteiger partial charge in [-0.05, 0) is 42.2 Å². The Morgan fingerprint density at radius 3 is 2.74 bits per heavy atom. The number of methoxy groups -OCH3 is 1. The third-order valence-corrected chi connectivity index (χ3v) is 3.74. The molecule has 2 aromatic carbocycles. The third-order valence-electron chi connectivity index (χ3n) is 3.50. The minimum atomic E-state index is -0.457. The second-order valence-corrected chi connectivity index (χ2v) is 5.61. The molecule has 0 radical (unpaired) electrons. The highest BCUT2D eigenvalue weighted by Gasteiger charge is 2.08. The number of hydrogen-bond acceptors (Lipinski definition) is 2. The lowest BCUT2D eigenvalue weighted by Crippen LogP contribution is -2.26. The Hall–Kier alpha value is -2.07. The molecule has 23 heavy (non-hydrogen) atoms. The predicted octanol–water partition coefficient (Wildman–Crippen LogP) is 3.78. The Morgan fingerprint density at radius 1 is 1.22 bits per heavy atom. The summed E-state index contributed by atoms with van der Waals surface area (Å²) in [6, 6.07) is 12.1. The zero-order chi connectivity index (χ0) is 16.7. The second-order valence-electron chi connectivity index (χ2n) is 5.18. The van der Waals surface area contributed by atoms with E-state index in [9.17, 15) is 9.18 Å².